The number of rotatable bonds is 6. The van der Waals surface area contributed by atoms with Gasteiger partial charge in [0.15, 0.2) is 0 Å². The minimum Gasteiger partial charge on any atom is -0.462 e. The standard InChI is InChI=1S/C19H16N2O3S2/c1-3-9-21-17(22)16(26-19(21)25)11-14-7-5-13(6-8-14)10-15(12-20)18(23)24-4-2/h3,5-8,10-11H,1,4,9H2,2H3/b15-10+,16-11?. The molecule has 1 amide bonds. The van der Waals surface area contributed by atoms with Crippen molar-refractivity contribution in [1.82, 2.24) is 4.90 Å². The lowest BCUT2D eigenvalue weighted by atomic mass is 10.1. The molecule has 1 aromatic carbocycles. The van der Waals surface area contributed by atoms with Gasteiger partial charge in [-0.1, -0.05) is 54.3 Å². The van der Waals surface area contributed by atoms with E-state index in [-0.39, 0.29) is 18.1 Å². The zero-order valence-corrected chi connectivity index (χ0v) is 15.7. The summed E-state index contributed by atoms with van der Waals surface area (Å²) in [6, 6.07) is 8.94. The lowest BCUT2D eigenvalue weighted by Gasteiger charge is -2.10. The molecule has 0 aliphatic carbocycles. The van der Waals surface area contributed by atoms with Crippen LogP contribution in [0.4, 0.5) is 0 Å². The molecule has 132 valence electrons. The Balaban J connectivity index is 2.19. The largest absolute Gasteiger partial charge is 0.462 e. The summed E-state index contributed by atoms with van der Waals surface area (Å²) in [5, 5.41) is 9.06. The number of hydrogen-bond donors (Lipinski definition) is 0. The van der Waals surface area contributed by atoms with Gasteiger partial charge in [0, 0.05) is 6.54 Å². The third kappa shape index (κ3) is 4.69. The predicted molar refractivity (Wildman–Crippen MR) is 107 cm³/mol. The smallest absolute Gasteiger partial charge is 0.348 e. The Labute approximate surface area is 161 Å². The fourth-order valence-electron chi connectivity index (χ4n) is 2.14. The van der Waals surface area contributed by atoms with E-state index >= 15 is 0 Å². The molecule has 1 saturated heterocycles. The molecule has 2 rings (SSSR count). The van der Waals surface area contributed by atoms with E-state index in [0.29, 0.717) is 21.3 Å². The number of thioether (sulfide) groups is 1. The van der Waals surface area contributed by atoms with Gasteiger partial charge in [0.05, 0.1) is 11.5 Å². The Morgan fingerprint density at radius 1 is 1.38 bits per heavy atom. The van der Waals surface area contributed by atoms with Gasteiger partial charge in [-0.05, 0) is 30.2 Å². The zero-order chi connectivity index (χ0) is 19.1. The van der Waals surface area contributed by atoms with Crippen molar-refractivity contribution in [3.63, 3.8) is 0 Å². The summed E-state index contributed by atoms with van der Waals surface area (Å²) >= 11 is 6.45. The molecule has 1 heterocycles. The second kappa shape index (κ2) is 9.13. The van der Waals surface area contributed by atoms with Crippen molar-refractivity contribution in [3.05, 3.63) is 58.5 Å². The summed E-state index contributed by atoms with van der Waals surface area (Å²) in [7, 11) is 0. The minimum atomic E-state index is -0.648. The fourth-order valence-corrected chi connectivity index (χ4v) is 3.41. The van der Waals surface area contributed by atoms with Crippen molar-refractivity contribution in [2.75, 3.05) is 13.2 Å². The molecule has 0 radical (unpaired) electrons. The van der Waals surface area contributed by atoms with Crippen molar-refractivity contribution in [1.29, 1.82) is 5.26 Å². The average Bonchev–Trinajstić information content (AvgIpc) is 2.89. The summed E-state index contributed by atoms with van der Waals surface area (Å²) in [4.78, 5) is 26.0. The van der Waals surface area contributed by atoms with E-state index in [4.69, 9.17) is 22.2 Å². The van der Waals surface area contributed by atoms with Crippen molar-refractivity contribution in [2.24, 2.45) is 0 Å². The molecule has 1 fully saturated rings. The molecule has 0 aromatic heterocycles. The molecule has 1 aromatic rings. The number of benzene rings is 1. The fraction of sp³-hybridized carbons (Fsp3) is 0.158. The molecule has 0 N–H and O–H groups in total. The number of ether oxygens (including phenoxy) is 1. The number of esters is 1. The van der Waals surface area contributed by atoms with Crippen LogP contribution < -0.4 is 0 Å². The molecule has 7 heteroatoms. The lowest BCUT2D eigenvalue weighted by Crippen LogP contribution is -2.27. The Kier molecular flexibility index (Phi) is 6.89. The molecule has 0 spiro atoms. The first-order valence-corrected chi connectivity index (χ1v) is 8.97. The van der Waals surface area contributed by atoms with E-state index in [1.165, 1.54) is 22.7 Å². The molecular formula is C19H16N2O3S2. The van der Waals surface area contributed by atoms with Crippen LogP contribution in [-0.2, 0) is 14.3 Å². The molecule has 26 heavy (non-hydrogen) atoms. The number of amides is 1. The van der Waals surface area contributed by atoms with Crippen molar-refractivity contribution in [3.8, 4) is 6.07 Å². The molecule has 0 saturated carbocycles. The second-order valence-corrected chi connectivity index (χ2v) is 6.81. The van der Waals surface area contributed by atoms with Crippen LogP contribution >= 0.6 is 24.0 Å². The summed E-state index contributed by atoms with van der Waals surface area (Å²) in [5.41, 5.74) is 1.44. The number of nitrogens with zero attached hydrogens (tertiary/aromatic N) is 2. The van der Waals surface area contributed by atoms with E-state index in [1.807, 2.05) is 6.07 Å². The van der Waals surface area contributed by atoms with Crippen molar-refractivity contribution >= 4 is 52.3 Å². The molecule has 0 unspecified atom stereocenters. The van der Waals surface area contributed by atoms with Gasteiger partial charge in [-0.2, -0.15) is 5.26 Å². The summed E-state index contributed by atoms with van der Waals surface area (Å²) < 4.78 is 5.34. The van der Waals surface area contributed by atoms with E-state index in [2.05, 4.69) is 6.58 Å². The van der Waals surface area contributed by atoms with Gasteiger partial charge in [0.1, 0.15) is 16.0 Å². The highest BCUT2D eigenvalue weighted by molar-refractivity contribution is 8.26. The molecule has 0 atom stereocenters. The van der Waals surface area contributed by atoms with Gasteiger partial charge in [0.25, 0.3) is 5.91 Å². The maximum Gasteiger partial charge on any atom is 0.348 e. The van der Waals surface area contributed by atoms with E-state index in [9.17, 15) is 9.59 Å². The summed E-state index contributed by atoms with van der Waals surface area (Å²) in [6.45, 7) is 5.90. The molecule has 0 bridgehead atoms. The first-order valence-electron chi connectivity index (χ1n) is 7.75. The first kappa shape index (κ1) is 19.6. The van der Waals surface area contributed by atoms with Crippen molar-refractivity contribution < 1.29 is 14.3 Å². The van der Waals surface area contributed by atoms with Crippen LogP contribution in [0.15, 0.2) is 47.4 Å². The third-order valence-corrected chi connectivity index (χ3v) is 4.72. The lowest BCUT2D eigenvalue weighted by molar-refractivity contribution is -0.137. The second-order valence-electron chi connectivity index (χ2n) is 5.14. The first-order chi connectivity index (χ1) is 12.5. The van der Waals surface area contributed by atoms with Gasteiger partial charge in [-0.25, -0.2) is 4.79 Å². The van der Waals surface area contributed by atoms with Crippen LogP contribution in [0.1, 0.15) is 18.1 Å². The van der Waals surface area contributed by atoms with Gasteiger partial charge in [-0.15, -0.1) is 6.58 Å². The van der Waals surface area contributed by atoms with E-state index < -0.39 is 5.97 Å². The molecule has 5 nitrogen and oxygen atoms in total. The number of carbonyl (C=O) groups excluding carboxylic acids is 2. The minimum absolute atomic E-state index is 0.0649. The number of nitriles is 1. The van der Waals surface area contributed by atoms with E-state index in [0.717, 1.165) is 5.56 Å². The van der Waals surface area contributed by atoms with Crippen LogP contribution in [0.25, 0.3) is 12.2 Å². The Bertz CT molecular complexity index is 849. The van der Waals surface area contributed by atoms with Gasteiger partial charge >= 0.3 is 5.97 Å². The monoisotopic (exact) mass is 384 g/mol. The van der Waals surface area contributed by atoms with E-state index in [1.54, 1.807) is 43.3 Å². The number of thiocarbonyl (C=S) groups is 1. The van der Waals surface area contributed by atoms with Gasteiger partial charge in [-0.3, -0.25) is 9.69 Å². The van der Waals surface area contributed by atoms with Gasteiger partial charge < -0.3 is 4.74 Å². The zero-order valence-electron chi connectivity index (χ0n) is 14.1. The predicted octanol–water partition coefficient (Wildman–Crippen LogP) is 3.54. The Morgan fingerprint density at radius 3 is 2.62 bits per heavy atom. The summed E-state index contributed by atoms with van der Waals surface area (Å²) in [6.07, 6.45) is 4.85. The Morgan fingerprint density at radius 2 is 2.04 bits per heavy atom. The van der Waals surface area contributed by atoms with Crippen LogP contribution in [0, 0.1) is 11.3 Å². The molecule has 1 aliphatic rings. The highest BCUT2D eigenvalue weighted by Gasteiger charge is 2.30. The Hall–Kier alpha value is -2.69. The number of carbonyl (C=O) groups is 2. The topological polar surface area (TPSA) is 70.4 Å². The quantitative estimate of drug-likeness (QED) is 0.246. The highest BCUT2D eigenvalue weighted by Crippen LogP contribution is 2.32. The SMILES string of the molecule is C=CCN1C(=O)C(=Cc2ccc(/C=C(\C#N)C(=O)OCC)cc2)SC1=S. The van der Waals surface area contributed by atoms with Crippen LogP contribution in [0.2, 0.25) is 0 Å². The molecule has 1 aliphatic heterocycles. The van der Waals surface area contributed by atoms with Crippen LogP contribution in [0.3, 0.4) is 0 Å². The number of hydrogen-bond acceptors (Lipinski definition) is 6. The van der Waals surface area contributed by atoms with Crippen LogP contribution in [0.5, 0.6) is 0 Å². The maximum absolute atomic E-state index is 12.3. The maximum atomic E-state index is 12.3. The summed E-state index contributed by atoms with van der Waals surface area (Å²) in [5.74, 6) is -0.789. The third-order valence-electron chi connectivity index (χ3n) is 3.35. The average molecular weight is 384 g/mol. The highest BCUT2D eigenvalue weighted by atomic mass is 32.2. The molecular weight excluding hydrogens is 368 g/mol. The van der Waals surface area contributed by atoms with Crippen LogP contribution in [-0.4, -0.2) is 34.2 Å². The van der Waals surface area contributed by atoms with Gasteiger partial charge in [0.2, 0.25) is 0 Å². The van der Waals surface area contributed by atoms with Crippen molar-refractivity contribution in [2.45, 2.75) is 6.92 Å². The normalized spacial score (nSPS) is 15.9.